The van der Waals surface area contributed by atoms with E-state index in [1.807, 2.05) is 31.2 Å². The van der Waals surface area contributed by atoms with Crippen molar-refractivity contribution in [2.75, 3.05) is 13.1 Å². The highest BCUT2D eigenvalue weighted by Crippen LogP contribution is 2.16. The number of aliphatic hydroxyl groups excluding tert-OH is 1. The third kappa shape index (κ3) is 5.51. The molecule has 0 saturated heterocycles. The number of benzene rings is 1. The Bertz CT molecular complexity index is 646. The molecule has 0 fully saturated rings. The Morgan fingerprint density at radius 1 is 1.17 bits per heavy atom. The molecule has 0 spiro atoms. The van der Waals surface area contributed by atoms with Gasteiger partial charge in [0.05, 0.1) is 18.7 Å². The van der Waals surface area contributed by atoms with Crippen LogP contribution in [-0.2, 0) is 0 Å². The Labute approximate surface area is 147 Å². The summed E-state index contributed by atoms with van der Waals surface area (Å²) in [6.45, 7) is 5.07. The van der Waals surface area contributed by atoms with Crippen LogP contribution in [0.2, 0.25) is 5.02 Å². The molecule has 24 heavy (non-hydrogen) atoms. The lowest BCUT2D eigenvalue weighted by molar-refractivity contribution is 0.187. The molecule has 6 heteroatoms. The van der Waals surface area contributed by atoms with Gasteiger partial charge in [-0.3, -0.25) is 9.98 Å². The van der Waals surface area contributed by atoms with Crippen LogP contribution in [0.3, 0.4) is 0 Å². The summed E-state index contributed by atoms with van der Waals surface area (Å²) in [5, 5.41) is 17.5. The Hall–Kier alpha value is -2.11. The Morgan fingerprint density at radius 2 is 1.83 bits per heavy atom. The number of pyridine rings is 1. The molecule has 2 rings (SSSR count). The molecule has 3 N–H and O–H groups in total. The summed E-state index contributed by atoms with van der Waals surface area (Å²) in [4.78, 5) is 8.42. The maximum absolute atomic E-state index is 10.2. The minimum absolute atomic E-state index is 0.0677. The van der Waals surface area contributed by atoms with Gasteiger partial charge in [-0.1, -0.05) is 23.7 Å². The number of aliphatic imine (C=N–C) groups is 1. The molecule has 1 aromatic carbocycles. The lowest BCUT2D eigenvalue weighted by atomic mass is 10.1. The maximum atomic E-state index is 10.2. The fourth-order valence-electron chi connectivity index (χ4n) is 2.23. The highest BCUT2D eigenvalue weighted by molar-refractivity contribution is 6.30. The van der Waals surface area contributed by atoms with E-state index in [9.17, 15) is 5.11 Å². The van der Waals surface area contributed by atoms with Crippen LogP contribution in [0.1, 0.15) is 37.1 Å². The minimum atomic E-state index is -0.658. The first-order valence-corrected chi connectivity index (χ1v) is 8.36. The summed E-state index contributed by atoms with van der Waals surface area (Å²) in [6.07, 6.45) is 2.66. The summed E-state index contributed by atoms with van der Waals surface area (Å²) in [6, 6.07) is 11.3. The van der Waals surface area contributed by atoms with E-state index in [1.165, 1.54) is 0 Å². The van der Waals surface area contributed by atoms with Crippen LogP contribution < -0.4 is 10.6 Å². The van der Waals surface area contributed by atoms with Crippen LogP contribution in [-0.4, -0.2) is 29.1 Å². The maximum Gasteiger partial charge on any atom is 0.191 e. The standard InChI is InChI=1S/C18H23ClN4O/c1-3-21-18(22-12-17(24)15-8-10-20-11-9-15)23-13(2)14-4-6-16(19)7-5-14/h4-11,13,17,24H,3,12H2,1-2H3,(H2,21,22,23). The van der Waals surface area contributed by atoms with Gasteiger partial charge >= 0.3 is 0 Å². The van der Waals surface area contributed by atoms with E-state index in [0.29, 0.717) is 11.0 Å². The molecule has 0 bridgehead atoms. The molecule has 0 aliphatic rings. The molecule has 0 aliphatic carbocycles. The first-order valence-electron chi connectivity index (χ1n) is 7.98. The molecular weight excluding hydrogens is 324 g/mol. The van der Waals surface area contributed by atoms with E-state index in [2.05, 4.69) is 27.5 Å². The van der Waals surface area contributed by atoms with Gasteiger partial charge in [0.2, 0.25) is 0 Å². The summed E-state index contributed by atoms with van der Waals surface area (Å²) in [5.41, 5.74) is 1.91. The summed E-state index contributed by atoms with van der Waals surface area (Å²) in [5.74, 6) is 0.660. The molecule has 2 unspecified atom stereocenters. The molecule has 0 aliphatic heterocycles. The quantitative estimate of drug-likeness (QED) is 0.555. The lowest BCUT2D eigenvalue weighted by Gasteiger charge is -2.19. The zero-order valence-electron chi connectivity index (χ0n) is 13.9. The third-order valence-corrected chi connectivity index (χ3v) is 3.83. The second-order valence-corrected chi connectivity index (χ2v) is 5.87. The first kappa shape index (κ1) is 18.2. The van der Waals surface area contributed by atoms with Crippen LogP contribution in [0.4, 0.5) is 0 Å². The fraction of sp³-hybridized carbons (Fsp3) is 0.333. The lowest BCUT2D eigenvalue weighted by Crippen LogP contribution is -2.39. The first-order chi connectivity index (χ1) is 11.6. The van der Waals surface area contributed by atoms with Crippen molar-refractivity contribution in [3.8, 4) is 0 Å². The van der Waals surface area contributed by atoms with Gasteiger partial charge in [-0.15, -0.1) is 0 Å². The van der Waals surface area contributed by atoms with Crippen molar-refractivity contribution in [3.63, 3.8) is 0 Å². The number of nitrogens with zero attached hydrogens (tertiary/aromatic N) is 2. The van der Waals surface area contributed by atoms with Crippen LogP contribution >= 0.6 is 11.6 Å². The number of aromatic nitrogens is 1. The van der Waals surface area contributed by atoms with Crippen molar-refractivity contribution in [2.45, 2.75) is 26.0 Å². The molecule has 2 aromatic rings. The number of nitrogens with one attached hydrogen (secondary N) is 2. The van der Waals surface area contributed by atoms with Gasteiger partial charge in [-0.05, 0) is 49.2 Å². The Morgan fingerprint density at radius 3 is 2.46 bits per heavy atom. The molecule has 1 heterocycles. The number of guanidine groups is 1. The monoisotopic (exact) mass is 346 g/mol. The van der Waals surface area contributed by atoms with Crippen LogP contribution in [0.25, 0.3) is 0 Å². The number of rotatable bonds is 6. The van der Waals surface area contributed by atoms with Crippen molar-refractivity contribution in [1.29, 1.82) is 0 Å². The number of hydrogen-bond donors (Lipinski definition) is 3. The highest BCUT2D eigenvalue weighted by Gasteiger charge is 2.10. The number of aliphatic hydroxyl groups is 1. The van der Waals surface area contributed by atoms with Crippen LogP contribution in [0, 0.1) is 0 Å². The molecule has 0 saturated carbocycles. The van der Waals surface area contributed by atoms with Crippen molar-refractivity contribution < 1.29 is 5.11 Å². The molecule has 128 valence electrons. The topological polar surface area (TPSA) is 69.5 Å². The van der Waals surface area contributed by atoms with Gasteiger partial charge in [-0.2, -0.15) is 0 Å². The molecule has 1 aromatic heterocycles. The van der Waals surface area contributed by atoms with Gasteiger partial charge in [0.15, 0.2) is 5.96 Å². The van der Waals surface area contributed by atoms with Crippen molar-refractivity contribution in [2.24, 2.45) is 4.99 Å². The van der Waals surface area contributed by atoms with Gasteiger partial charge in [0, 0.05) is 24.0 Å². The molecule has 2 atom stereocenters. The molecule has 0 amide bonds. The zero-order chi connectivity index (χ0) is 17.4. The molecular formula is C18H23ClN4O. The second-order valence-electron chi connectivity index (χ2n) is 5.43. The number of halogens is 1. The van der Waals surface area contributed by atoms with Crippen molar-refractivity contribution in [3.05, 3.63) is 64.9 Å². The van der Waals surface area contributed by atoms with Gasteiger partial charge in [-0.25, -0.2) is 0 Å². The van der Waals surface area contributed by atoms with E-state index in [0.717, 1.165) is 17.7 Å². The van der Waals surface area contributed by atoms with Crippen LogP contribution in [0.5, 0.6) is 0 Å². The van der Waals surface area contributed by atoms with Gasteiger partial charge in [0.25, 0.3) is 0 Å². The summed E-state index contributed by atoms with van der Waals surface area (Å²) < 4.78 is 0. The fourth-order valence-corrected chi connectivity index (χ4v) is 2.35. The van der Waals surface area contributed by atoms with Gasteiger partial charge in [0.1, 0.15) is 0 Å². The van der Waals surface area contributed by atoms with E-state index in [4.69, 9.17) is 11.6 Å². The summed E-state index contributed by atoms with van der Waals surface area (Å²) in [7, 11) is 0. The predicted octanol–water partition coefficient (Wildman–Crippen LogP) is 3.08. The van der Waals surface area contributed by atoms with E-state index in [1.54, 1.807) is 24.5 Å². The predicted molar refractivity (Wildman–Crippen MR) is 98.2 cm³/mol. The van der Waals surface area contributed by atoms with Crippen molar-refractivity contribution >= 4 is 17.6 Å². The van der Waals surface area contributed by atoms with Crippen molar-refractivity contribution in [1.82, 2.24) is 15.6 Å². The van der Waals surface area contributed by atoms with E-state index < -0.39 is 6.10 Å². The largest absolute Gasteiger partial charge is 0.386 e. The SMILES string of the molecule is CCNC(=NCC(O)c1ccncc1)NC(C)c1ccc(Cl)cc1. The summed E-state index contributed by atoms with van der Waals surface area (Å²) >= 11 is 5.93. The van der Waals surface area contributed by atoms with Gasteiger partial charge < -0.3 is 15.7 Å². The number of hydrogen-bond acceptors (Lipinski definition) is 3. The smallest absolute Gasteiger partial charge is 0.191 e. The van der Waals surface area contributed by atoms with E-state index in [-0.39, 0.29) is 12.6 Å². The second kappa shape index (κ2) is 9.25. The molecule has 5 nitrogen and oxygen atoms in total. The highest BCUT2D eigenvalue weighted by atomic mass is 35.5. The average molecular weight is 347 g/mol. The Balaban J connectivity index is 2.01. The van der Waals surface area contributed by atoms with Crippen LogP contribution in [0.15, 0.2) is 53.8 Å². The van der Waals surface area contributed by atoms with E-state index >= 15 is 0 Å². The normalized spacial score (nSPS) is 14.1. The zero-order valence-corrected chi connectivity index (χ0v) is 14.7. The third-order valence-electron chi connectivity index (χ3n) is 3.58. The molecule has 0 radical (unpaired) electrons. The average Bonchev–Trinajstić information content (AvgIpc) is 2.61. The minimum Gasteiger partial charge on any atom is -0.386 e. The Kier molecular flexibility index (Phi) is 7.03.